The number of nitrogens with one attached hydrogen (secondary N) is 1. The summed E-state index contributed by atoms with van der Waals surface area (Å²) in [5.74, 6) is -1.34. The molecule has 28 heavy (non-hydrogen) atoms. The van der Waals surface area contributed by atoms with E-state index in [4.69, 9.17) is 0 Å². The van der Waals surface area contributed by atoms with E-state index < -0.39 is 26.6 Å². The summed E-state index contributed by atoms with van der Waals surface area (Å²) in [6, 6.07) is 2.61. The molecule has 1 saturated carbocycles. The molecule has 1 amide bonds. The van der Waals surface area contributed by atoms with Crippen LogP contribution in [0.1, 0.15) is 32.6 Å². The van der Waals surface area contributed by atoms with Gasteiger partial charge in [-0.05, 0) is 37.0 Å². The maximum atomic E-state index is 13.9. The predicted molar refractivity (Wildman–Crippen MR) is 101 cm³/mol. The number of piperazine rings is 1. The first-order valence-corrected chi connectivity index (χ1v) is 11.2. The molecule has 1 heterocycles. The molecule has 2 fully saturated rings. The Bertz CT molecular complexity index is 811. The Kier molecular flexibility index (Phi) is 6.67. The average molecular weight is 416 g/mol. The van der Waals surface area contributed by atoms with Crippen molar-refractivity contribution >= 4 is 15.9 Å². The van der Waals surface area contributed by atoms with Crippen LogP contribution in [0.5, 0.6) is 0 Å². The summed E-state index contributed by atoms with van der Waals surface area (Å²) < 4.78 is 53.6. The van der Waals surface area contributed by atoms with Crippen LogP contribution in [0.15, 0.2) is 23.1 Å². The van der Waals surface area contributed by atoms with Gasteiger partial charge in [0.2, 0.25) is 15.9 Å². The molecular formula is C19H27F2N3O3S. The fourth-order valence-corrected chi connectivity index (χ4v) is 5.43. The van der Waals surface area contributed by atoms with Gasteiger partial charge in [-0.25, -0.2) is 17.2 Å². The van der Waals surface area contributed by atoms with Crippen molar-refractivity contribution in [3.8, 4) is 0 Å². The number of carbonyl (C=O) groups excluding carboxylic acids is 1. The first-order chi connectivity index (χ1) is 13.3. The lowest BCUT2D eigenvalue weighted by atomic mass is 9.86. The standard InChI is InChI=1S/C19H27F2N3O3S/c1-14-4-2-3-5-17(14)22-19(25)13-23-8-10-24(11-9-23)28(26,27)18-12-15(20)6-7-16(18)21/h6-7,12,14,17H,2-5,8-11,13H2,1H3,(H,22,25)/t14-,17-/m1/s1. The second-order valence-electron chi connectivity index (χ2n) is 7.69. The molecule has 2 atom stereocenters. The van der Waals surface area contributed by atoms with Crippen molar-refractivity contribution < 1.29 is 22.0 Å². The molecule has 1 N–H and O–H groups in total. The van der Waals surface area contributed by atoms with Crippen LogP contribution in [0, 0.1) is 17.6 Å². The molecule has 9 heteroatoms. The van der Waals surface area contributed by atoms with Crippen LogP contribution in [-0.2, 0) is 14.8 Å². The lowest BCUT2D eigenvalue weighted by Gasteiger charge is -2.34. The lowest BCUT2D eigenvalue weighted by Crippen LogP contribution is -2.52. The second kappa shape index (κ2) is 8.84. The number of carbonyl (C=O) groups is 1. The maximum Gasteiger partial charge on any atom is 0.246 e. The van der Waals surface area contributed by atoms with Crippen molar-refractivity contribution in [3.63, 3.8) is 0 Å². The summed E-state index contributed by atoms with van der Waals surface area (Å²) in [6.07, 6.45) is 4.45. The molecule has 1 aliphatic carbocycles. The number of halogens is 2. The molecule has 1 aliphatic heterocycles. The molecule has 0 bridgehead atoms. The molecule has 1 aromatic rings. The van der Waals surface area contributed by atoms with Crippen LogP contribution in [0.2, 0.25) is 0 Å². The summed E-state index contributed by atoms with van der Waals surface area (Å²) >= 11 is 0. The van der Waals surface area contributed by atoms with Gasteiger partial charge in [0.25, 0.3) is 0 Å². The van der Waals surface area contributed by atoms with Crippen molar-refractivity contribution in [2.45, 2.75) is 43.5 Å². The van der Waals surface area contributed by atoms with Gasteiger partial charge in [-0.3, -0.25) is 9.69 Å². The van der Waals surface area contributed by atoms with Crippen LogP contribution < -0.4 is 5.32 Å². The number of nitrogens with zero attached hydrogens (tertiary/aromatic N) is 2. The van der Waals surface area contributed by atoms with Crippen LogP contribution in [0.3, 0.4) is 0 Å². The van der Waals surface area contributed by atoms with E-state index >= 15 is 0 Å². The third-order valence-electron chi connectivity index (χ3n) is 5.67. The number of hydrogen-bond acceptors (Lipinski definition) is 4. The maximum absolute atomic E-state index is 13.9. The van der Waals surface area contributed by atoms with Gasteiger partial charge in [-0.1, -0.05) is 19.8 Å². The van der Waals surface area contributed by atoms with Crippen LogP contribution >= 0.6 is 0 Å². The number of amides is 1. The van der Waals surface area contributed by atoms with E-state index in [-0.39, 0.29) is 31.6 Å². The summed E-state index contributed by atoms with van der Waals surface area (Å²) in [6.45, 7) is 3.36. The molecule has 0 radical (unpaired) electrons. The highest BCUT2D eigenvalue weighted by molar-refractivity contribution is 7.89. The number of sulfonamides is 1. The number of hydrogen-bond donors (Lipinski definition) is 1. The highest BCUT2D eigenvalue weighted by atomic mass is 32.2. The number of benzene rings is 1. The largest absolute Gasteiger partial charge is 0.352 e. The van der Waals surface area contributed by atoms with Gasteiger partial charge in [0.15, 0.2) is 0 Å². The monoisotopic (exact) mass is 415 g/mol. The molecule has 2 aliphatic rings. The predicted octanol–water partition coefficient (Wildman–Crippen LogP) is 1.97. The van der Waals surface area contributed by atoms with Crippen molar-refractivity contribution in [1.29, 1.82) is 0 Å². The minimum Gasteiger partial charge on any atom is -0.352 e. The Morgan fingerprint density at radius 1 is 1.14 bits per heavy atom. The van der Waals surface area contributed by atoms with Gasteiger partial charge in [0.1, 0.15) is 16.5 Å². The molecule has 3 rings (SSSR count). The van der Waals surface area contributed by atoms with Crippen molar-refractivity contribution in [2.75, 3.05) is 32.7 Å². The Hall–Kier alpha value is -1.58. The molecule has 0 aromatic heterocycles. The zero-order valence-electron chi connectivity index (χ0n) is 16.0. The van der Waals surface area contributed by atoms with Crippen molar-refractivity contribution in [1.82, 2.24) is 14.5 Å². The first-order valence-electron chi connectivity index (χ1n) is 9.74. The van der Waals surface area contributed by atoms with Gasteiger partial charge < -0.3 is 5.32 Å². The minimum atomic E-state index is -4.11. The molecular weight excluding hydrogens is 388 g/mol. The highest BCUT2D eigenvalue weighted by Crippen LogP contribution is 2.24. The highest BCUT2D eigenvalue weighted by Gasteiger charge is 2.32. The van der Waals surface area contributed by atoms with Crippen LogP contribution in [0.25, 0.3) is 0 Å². The molecule has 1 aromatic carbocycles. The molecule has 0 spiro atoms. The van der Waals surface area contributed by atoms with E-state index in [9.17, 15) is 22.0 Å². The molecule has 6 nitrogen and oxygen atoms in total. The quantitative estimate of drug-likeness (QED) is 0.798. The fraction of sp³-hybridized carbons (Fsp3) is 0.632. The zero-order chi connectivity index (χ0) is 20.3. The molecule has 1 saturated heterocycles. The van der Waals surface area contributed by atoms with E-state index in [1.165, 1.54) is 6.42 Å². The van der Waals surface area contributed by atoms with Gasteiger partial charge in [0.05, 0.1) is 6.54 Å². The fourth-order valence-electron chi connectivity index (χ4n) is 3.93. The third-order valence-corrected chi connectivity index (χ3v) is 7.58. The van der Waals surface area contributed by atoms with E-state index in [1.807, 2.05) is 4.90 Å². The summed E-state index contributed by atoms with van der Waals surface area (Å²) in [7, 11) is -4.11. The Labute approximate surface area is 164 Å². The smallest absolute Gasteiger partial charge is 0.246 e. The average Bonchev–Trinajstić information content (AvgIpc) is 2.66. The Morgan fingerprint density at radius 3 is 2.50 bits per heavy atom. The summed E-state index contributed by atoms with van der Waals surface area (Å²) in [5.41, 5.74) is 0. The van der Waals surface area contributed by atoms with Gasteiger partial charge >= 0.3 is 0 Å². The second-order valence-corrected chi connectivity index (χ2v) is 9.60. The van der Waals surface area contributed by atoms with E-state index in [1.54, 1.807) is 0 Å². The van der Waals surface area contributed by atoms with Gasteiger partial charge in [-0.2, -0.15) is 4.31 Å². The minimum absolute atomic E-state index is 0.0498. The first kappa shape index (κ1) is 21.1. The van der Waals surface area contributed by atoms with Crippen LogP contribution in [-0.4, -0.2) is 62.3 Å². The van der Waals surface area contributed by atoms with Crippen LogP contribution in [0.4, 0.5) is 8.78 Å². The third kappa shape index (κ3) is 4.87. The van der Waals surface area contributed by atoms with E-state index in [2.05, 4.69) is 12.2 Å². The SMILES string of the molecule is C[C@@H]1CCCC[C@H]1NC(=O)CN1CCN(S(=O)(=O)c2cc(F)ccc2F)CC1. The Balaban J connectivity index is 1.54. The van der Waals surface area contributed by atoms with E-state index in [0.717, 1.165) is 35.7 Å². The molecule has 156 valence electrons. The van der Waals surface area contributed by atoms with Crippen molar-refractivity contribution in [3.05, 3.63) is 29.8 Å². The van der Waals surface area contributed by atoms with E-state index in [0.29, 0.717) is 25.1 Å². The van der Waals surface area contributed by atoms with Crippen molar-refractivity contribution in [2.24, 2.45) is 5.92 Å². The normalized spacial score (nSPS) is 24.8. The summed E-state index contributed by atoms with van der Waals surface area (Å²) in [4.78, 5) is 13.6. The topological polar surface area (TPSA) is 69.7 Å². The lowest BCUT2D eigenvalue weighted by molar-refractivity contribution is -0.123. The summed E-state index contributed by atoms with van der Waals surface area (Å²) in [5, 5.41) is 3.09. The van der Waals surface area contributed by atoms with Gasteiger partial charge in [0, 0.05) is 32.2 Å². The molecule has 0 unspecified atom stereocenters. The Morgan fingerprint density at radius 2 is 1.82 bits per heavy atom. The zero-order valence-corrected chi connectivity index (χ0v) is 16.9. The number of rotatable bonds is 5. The van der Waals surface area contributed by atoms with Gasteiger partial charge in [-0.15, -0.1) is 0 Å².